The highest BCUT2D eigenvalue weighted by molar-refractivity contribution is 4.87. The van der Waals surface area contributed by atoms with Gasteiger partial charge in [0.1, 0.15) is 0 Å². The number of nitrogens with two attached hydrogens (primary N) is 2. The Kier molecular flexibility index (Phi) is 13.4. The van der Waals surface area contributed by atoms with Crippen LogP contribution in [0.1, 0.15) is 71.1 Å². The van der Waals surface area contributed by atoms with E-state index in [1.807, 2.05) is 0 Å². The second kappa shape index (κ2) is 14.9. The van der Waals surface area contributed by atoms with Crippen molar-refractivity contribution in [2.45, 2.75) is 83.2 Å². The zero-order valence-electron chi connectivity index (χ0n) is 16.0. The first kappa shape index (κ1) is 21.6. The third-order valence-corrected chi connectivity index (χ3v) is 5.16. The van der Waals surface area contributed by atoms with Crippen LogP contribution in [0.2, 0.25) is 0 Å². The molecular weight excluding hydrogens is 296 g/mol. The lowest BCUT2D eigenvalue weighted by atomic mass is 9.93. The second-order valence-corrected chi connectivity index (χ2v) is 7.11. The maximum absolute atomic E-state index is 5.71. The van der Waals surface area contributed by atoms with Crippen molar-refractivity contribution >= 4 is 0 Å². The van der Waals surface area contributed by atoms with Crippen molar-refractivity contribution in [3.05, 3.63) is 12.2 Å². The quantitative estimate of drug-likeness (QED) is 0.336. The molecule has 0 amide bonds. The maximum Gasteiger partial charge on any atom is 0.0249 e. The highest BCUT2D eigenvalue weighted by Crippen LogP contribution is 2.21. The van der Waals surface area contributed by atoms with Gasteiger partial charge in [0.25, 0.3) is 0 Å². The van der Waals surface area contributed by atoms with Gasteiger partial charge in [-0.2, -0.15) is 0 Å². The molecule has 5 N–H and O–H groups in total. The van der Waals surface area contributed by atoms with Gasteiger partial charge in [-0.25, -0.2) is 0 Å². The Labute approximate surface area is 150 Å². The second-order valence-electron chi connectivity index (χ2n) is 7.11. The number of hydrogen-bond donors (Lipinski definition) is 3. The highest BCUT2D eigenvalue weighted by atomic mass is 15.2. The van der Waals surface area contributed by atoms with Gasteiger partial charge in [0.15, 0.2) is 0 Å². The number of nitrogens with one attached hydrogen (secondary N) is 1. The fourth-order valence-electron chi connectivity index (χ4n) is 3.75. The van der Waals surface area contributed by atoms with Crippen molar-refractivity contribution in [3.63, 3.8) is 0 Å². The number of nitrogens with zero attached hydrogens (tertiary/aromatic N) is 1. The minimum absolute atomic E-state index is 0.636. The van der Waals surface area contributed by atoms with Crippen molar-refractivity contribution in [1.29, 1.82) is 0 Å². The van der Waals surface area contributed by atoms with E-state index in [1.54, 1.807) is 0 Å². The fraction of sp³-hybridized carbons (Fsp3) is 0.900. The third-order valence-electron chi connectivity index (χ3n) is 5.16. The Morgan fingerprint density at radius 2 is 1.79 bits per heavy atom. The molecule has 142 valence electrons. The van der Waals surface area contributed by atoms with Crippen molar-refractivity contribution in [3.8, 4) is 0 Å². The Hall–Kier alpha value is -0.420. The summed E-state index contributed by atoms with van der Waals surface area (Å²) in [6.45, 7) is 7.52. The van der Waals surface area contributed by atoms with Gasteiger partial charge in [0.2, 0.25) is 0 Å². The van der Waals surface area contributed by atoms with Crippen LogP contribution in [0.4, 0.5) is 0 Å². The summed E-state index contributed by atoms with van der Waals surface area (Å²) in [4.78, 5) is 2.69. The first-order chi connectivity index (χ1) is 11.8. The van der Waals surface area contributed by atoms with E-state index in [0.29, 0.717) is 12.1 Å². The molecule has 4 heteroatoms. The lowest BCUT2D eigenvalue weighted by Gasteiger charge is -2.40. The van der Waals surface area contributed by atoms with E-state index in [2.05, 4.69) is 29.3 Å². The van der Waals surface area contributed by atoms with Crippen LogP contribution in [0, 0.1) is 0 Å². The number of likely N-dealkylation sites (tertiary alicyclic amines) is 1. The summed E-state index contributed by atoms with van der Waals surface area (Å²) >= 11 is 0. The van der Waals surface area contributed by atoms with Crippen LogP contribution in [0.15, 0.2) is 12.2 Å². The molecule has 0 aliphatic carbocycles. The molecule has 1 rings (SSSR count). The summed E-state index contributed by atoms with van der Waals surface area (Å²) in [5.74, 6) is 0. The summed E-state index contributed by atoms with van der Waals surface area (Å²) in [7, 11) is 0. The number of unbranched alkanes of at least 4 members (excludes halogenated alkanes) is 3. The van der Waals surface area contributed by atoms with Gasteiger partial charge < -0.3 is 16.8 Å². The van der Waals surface area contributed by atoms with Crippen LogP contribution >= 0.6 is 0 Å². The van der Waals surface area contributed by atoms with E-state index in [9.17, 15) is 0 Å². The van der Waals surface area contributed by atoms with Crippen LogP contribution in [-0.4, -0.2) is 49.7 Å². The Morgan fingerprint density at radius 1 is 1.04 bits per heavy atom. The van der Waals surface area contributed by atoms with E-state index < -0.39 is 0 Å². The monoisotopic (exact) mass is 338 g/mol. The molecule has 1 heterocycles. The average molecular weight is 339 g/mol. The average Bonchev–Trinajstić information content (AvgIpc) is 2.62. The molecule has 1 aliphatic heterocycles. The minimum atomic E-state index is 0.636. The lowest BCUT2D eigenvalue weighted by molar-refractivity contribution is 0.111. The largest absolute Gasteiger partial charge is 0.330 e. The topological polar surface area (TPSA) is 67.3 Å². The van der Waals surface area contributed by atoms with Gasteiger partial charge in [-0.1, -0.05) is 25.5 Å². The van der Waals surface area contributed by atoms with Crippen LogP contribution in [0.25, 0.3) is 0 Å². The first-order valence-corrected chi connectivity index (χ1v) is 10.4. The van der Waals surface area contributed by atoms with E-state index >= 15 is 0 Å². The highest BCUT2D eigenvalue weighted by Gasteiger charge is 2.27. The van der Waals surface area contributed by atoms with Gasteiger partial charge in [-0.15, -0.1) is 0 Å². The summed E-state index contributed by atoms with van der Waals surface area (Å²) in [6, 6.07) is 1.35. The number of rotatable bonds is 14. The van der Waals surface area contributed by atoms with Crippen molar-refractivity contribution in [1.82, 2.24) is 10.2 Å². The zero-order valence-corrected chi connectivity index (χ0v) is 16.0. The smallest absolute Gasteiger partial charge is 0.0249 e. The van der Waals surface area contributed by atoms with Crippen molar-refractivity contribution in [2.24, 2.45) is 11.5 Å². The predicted octanol–water partition coefficient (Wildman–Crippen LogP) is 3.02. The normalized spacial score (nSPS) is 20.7. The van der Waals surface area contributed by atoms with Gasteiger partial charge in [-0.05, 0) is 90.5 Å². The summed E-state index contributed by atoms with van der Waals surface area (Å²) < 4.78 is 0. The molecule has 2 atom stereocenters. The standard InChI is InChI=1S/C20H42N4/c1-2-19(20-13-8-11-17-24(20)18-12-15-22)23-16-10-7-5-3-4-6-9-14-21/h3,5,19-20,23H,2,4,6-18,21-22H2,1H3/b5-3+. The number of allylic oxidation sites excluding steroid dienone is 2. The first-order valence-electron chi connectivity index (χ1n) is 10.4. The van der Waals surface area contributed by atoms with Gasteiger partial charge in [0.05, 0.1) is 0 Å². The molecule has 0 bridgehead atoms. The summed E-state index contributed by atoms with van der Waals surface area (Å²) in [5.41, 5.74) is 11.2. The van der Waals surface area contributed by atoms with E-state index in [4.69, 9.17) is 11.5 Å². The Bertz CT molecular complexity index is 306. The van der Waals surface area contributed by atoms with Crippen molar-refractivity contribution < 1.29 is 0 Å². The van der Waals surface area contributed by atoms with Crippen LogP contribution in [0.3, 0.4) is 0 Å². The fourth-order valence-corrected chi connectivity index (χ4v) is 3.75. The molecule has 1 fully saturated rings. The molecule has 0 aromatic heterocycles. The number of hydrogen-bond acceptors (Lipinski definition) is 4. The van der Waals surface area contributed by atoms with Gasteiger partial charge >= 0.3 is 0 Å². The molecular formula is C20H42N4. The van der Waals surface area contributed by atoms with Crippen LogP contribution < -0.4 is 16.8 Å². The molecule has 1 saturated heterocycles. The van der Waals surface area contributed by atoms with E-state index in [-0.39, 0.29) is 0 Å². The summed E-state index contributed by atoms with van der Waals surface area (Å²) in [5, 5.41) is 3.83. The van der Waals surface area contributed by atoms with Crippen LogP contribution in [0.5, 0.6) is 0 Å². The molecule has 2 unspecified atom stereocenters. The molecule has 1 aliphatic rings. The molecule has 0 aromatic carbocycles. The molecule has 4 nitrogen and oxygen atoms in total. The van der Waals surface area contributed by atoms with Gasteiger partial charge in [-0.3, -0.25) is 4.90 Å². The van der Waals surface area contributed by atoms with E-state index in [0.717, 1.165) is 32.5 Å². The molecule has 0 saturated carbocycles. The van der Waals surface area contributed by atoms with Crippen molar-refractivity contribution in [2.75, 3.05) is 32.7 Å². The lowest BCUT2D eigenvalue weighted by Crippen LogP contribution is -2.52. The predicted molar refractivity (Wildman–Crippen MR) is 106 cm³/mol. The molecule has 0 aromatic rings. The van der Waals surface area contributed by atoms with Crippen LogP contribution in [-0.2, 0) is 0 Å². The molecule has 0 spiro atoms. The van der Waals surface area contributed by atoms with Gasteiger partial charge in [0, 0.05) is 12.1 Å². The SMILES string of the molecule is CCC(NCCC/C=C/CCCCN)C1CCCCN1CCCN. The Morgan fingerprint density at radius 3 is 2.50 bits per heavy atom. The Balaban J connectivity index is 2.22. The molecule has 24 heavy (non-hydrogen) atoms. The summed E-state index contributed by atoms with van der Waals surface area (Å²) in [6.07, 6.45) is 17.1. The number of piperidine rings is 1. The molecule has 0 radical (unpaired) electrons. The third kappa shape index (κ3) is 9.16. The van der Waals surface area contributed by atoms with E-state index in [1.165, 1.54) is 64.5 Å². The zero-order chi connectivity index (χ0) is 17.5. The maximum atomic E-state index is 5.71. The minimum Gasteiger partial charge on any atom is -0.330 e.